The number of aromatic nitrogens is 6. The van der Waals surface area contributed by atoms with E-state index in [-0.39, 0.29) is 11.8 Å². The maximum atomic E-state index is 14.9. The number of rotatable bonds is 6. The van der Waals surface area contributed by atoms with E-state index in [4.69, 9.17) is 14.5 Å². The van der Waals surface area contributed by atoms with Crippen LogP contribution in [0.2, 0.25) is 0 Å². The lowest BCUT2D eigenvalue weighted by atomic mass is 10.1. The molecule has 10 nitrogen and oxygen atoms in total. The molecule has 194 valence electrons. The van der Waals surface area contributed by atoms with E-state index in [0.29, 0.717) is 40.4 Å². The lowest BCUT2D eigenvalue weighted by molar-refractivity contribution is -0.0298. The van der Waals surface area contributed by atoms with Gasteiger partial charge in [-0.2, -0.15) is 0 Å². The van der Waals surface area contributed by atoms with Gasteiger partial charge in [0.05, 0.1) is 30.5 Å². The van der Waals surface area contributed by atoms with Crippen LogP contribution in [0.4, 0.5) is 10.2 Å². The van der Waals surface area contributed by atoms with Gasteiger partial charge in [-0.1, -0.05) is 18.2 Å². The molecule has 1 unspecified atom stereocenters. The second-order valence-corrected chi connectivity index (χ2v) is 9.16. The molecule has 1 N–H and O–H groups in total. The van der Waals surface area contributed by atoms with Crippen molar-refractivity contribution in [1.82, 2.24) is 29.1 Å². The summed E-state index contributed by atoms with van der Waals surface area (Å²) in [4.78, 5) is 30.9. The van der Waals surface area contributed by atoms with Crippen molar-refractivity contribution >= 4 is 34.0 Å². The normalized spacial score (nSPS) is 16.6. The van der Waals surface area contributed by atoms with Gasteiger partial charge in [0.15, 0.2) is 17.0 Å². The van der Waals surface area contributed by atoms with E-state index in [1.165, 1.54) is 19.5 Å². The zero-order valence-corrected chi connectivity index (χ0v) is 21.0. The molecule has 1 aliphatic rings. The van der Waals surface area contributed by atoms with Crippen LogP contribution >= 0.6 is 0 Å². The first kappa shape index (κ1) is 24.0. The predicted octanol–water partition coefficient (Wildman–Crippen LogP) is 4.96. The Labute approximate surface area is 217 Å². The molecule has 0 amide bonds. The van der Waals surface area contributed by atoms with Crippen molar-refractivity contribution in [1.29, 1.82) is 0 Å². The fourth-order valence-corrected chi connectivity index (χ4v) is 4.97. The minimum absolute atomic E-state index is 0.108. The van der Waals surface area contributed by atoms with Gasteiger partial charge in [-0.15, -0.1) is 0 Å². The van der Waals surface area contributed by atoms with Gasteiger partial charge in [0, 0.05) is 12.3 Å². The van der Waals surface area contributed by atoms with Crippen molar-refractivity contribution in [3.05, 3.63) is 72.3 Å². The topological polar surface area (TPSA) is 109 Å². The molecule has 6 rings (SSSR count). The monoisotopic (exact) mass is 515 g/mol. The molecule has 38 heavy (non-hydrogen) atoms. The first-order chi connectivity index (χ1) is 18.6. The van der Waals surface area contributed by atoms with Gasteiger partial charge in [0.25, 0.3) is 0 Å². The highest BCUT2D eigenvalue weighted by atomic mass is 19.1. The first-order valence-electron chi connectivity index (χ1n) is 12.5. The number of benzene rings is 2. The number of nitrogens with zero attached hydrogens (tertiary/aromatic N) is 6. The summed E-state index contributed by atoms with van der Waals surface area (Å²) in [5.74, 6) is -0.362. The smallest absolute Gasteiger partial charge is 0.343 e. The second-order valence-electron chi connectivity index (χ2n) is 9.16. The van der Waals surface area contributed by atoms with Gasteiger partial charge in [-0.3, -0.25) is 9.13 Å². The van der Waals surface area contributed by atoms with Gasteiger partial charge < -0.3 is 14.8 Å². The fraction of sp³-hybridized carbons (Fsp3) is 0.296. The Morgan fingerprint density at radius 1 is 1.16 bits per heavy atom. The summed E-state index contributed by atoms with van der Waals surface area (Å²) in [6, 6.07) is 11.7. The van der Waals surface area contributed by atoms with E-state index in [2.05, 4.69) is 20.3 Å². The fourth-order valence-electron chi connectivity index (χ4n) is 4.97. The van der Waals surface area contributed by atoms with E-state index in [0.717, 1.165) is 24.9 Å². The number of hydrogen-bond acceptors (Lipinski definition) is 8. The summed E-state index contributed by atoms with van der Waals surface area (Å²) in [6.45, 7) is 2.63. The number of fused-ring (bicyclic) bond motifs is 2. The van der Waals surface area contributed by atoms with Crippen LogP contribution in [0.3, 0.4) is 0 Å². The van der Waals surface area contributed by atoms with Crippen LogP contribution in [0, 0.1) is 5.82 Å². The minimum atomic E-state index is -0.773. The molecule has 0 saturated carbocycles. The summed E-state index contributed by atoms with van der Waals surface area (Å²) in [5, 5.41) is 3.40. The molecule has 2 atom stereocenters. The summed E-state index contributed by atoms with van der Waals surface area (Å²) in [5.41, 5.74) is 2.63. The average molecular weight is 516 g/mol. The van der Waals surface area contributed by atoms with Crippen LogP contribution in [0.25, 0.3) is 27.9 Å². The third kappa shape index (κ3) is 4.04. The molecule has 5 aromatic rings. The molecular formula is C27H26FN7O3. The van der Waals surface area contributed by atoms with Gasteiger partial charge in [-0.05, 0) is 50.5 Å². The van der Waals surface area contributed by atoms with Crippen LogP contribution in [-0.2, 0) is 9.47 Å². The maximum absolute atomic E-state index is 14.9. The summed E-state index contributed by atoms with van der Waals surface area (Å²) in [6.07, 6.45) is 6.14. The highest BCUT2D eigenvalue weighted by molar-refractivity contribution is 6.03. The van der Waals surface area contributed by atoms with E-state index in [1.807, 2.05) is 41.8 Å². The zero-order chi connectivity index (χ0) is 26.2. The van der Waals surface area contributed by atoms with E-state index >= 15 is 0 Å². The third-order valence-electron chi connectivity index (χ3n) is 6.76. The van der Waals surface area contributed by atoms with Crippen LogP contribution in [-0.4, -0.2) is 48.8 Å². The van der Waals surface area contributed by atoms with Crippen LogP contribution in [0.1, 0.15) is 54.6 Å². The Balaban J connectivity index is 1.45. The highest BCUT2D eigenvalue weighted by Crippen LogP contribution is 2.32. The summed E-state index contributed by atoms with van der Waals surface area (Å²) < 4.78 is 29.5. The van der Waals surface area contributed by atoms with Crippen molar-refractivity contribution in [2.75, 3.05) is 19.0 Å². The second kappa shape index (κ2) is 9.82. The number of anilines is 1. The Hall–Kier alpha value is -4.38. The standard InChI is InChI=1S/C27H26FN7O3/c1-16(32-24-22-26(30-14-29-24)34(15-31-22)20-10-6-7-13-38-20)25-33-19-12-11-18(28)21(27(36)37-2)23(19)35(25)17-8-4-3-5-9-17/h3-5,8-9,11-12,14-16,20H,6-7,10,13H2,1-2H3,(H,29,30,32)/t16?,20-/m0/s1. The molecule has 3 aromatic heterocycles. The number of nitrogens with one attached hydrogen (secondary N) is 1. The van der Waals surface area contributed by atoms with Crippen molar-refractivity contribution in [2.24, 2.45) is 0 Å². The van der Waals surface area contributed by atoms with Gasteiger partial charge in [0.1, 0.15) is 29.8 Å². The number of carbonyl (C=O) groups excluding carboxylic acids is 1. The minimum Gasteiger partial charge on any atom is -0.465 e. The zero-order valence-electron chi connectivity index (χ0n) is 21.0. The van der Waals surface area contributed by atoms with Crippen LogP contribution in [0.5, 0.6) is 0 Å². The molecule has 0 radical (unpaired) electrons. The lowest BCUT2D eigenvalue weighted by Gasteiger charge is -2.23. The number of methoxy groups -OCH3 is 1. The number of imidazole rings is 2. The molecule has 1 fully saturated rings. The average Bonchev–Trinajstić information content (AvgIpc) is 3.56. The number of esters is 1. The molecule has 2 aromatic carbocycles. The predicted molar refractivity (Wildman–Crippen MR) is 139 cm³/mol. The van der Waals surface area contributed by atoms with E-state index < -0.39 is 17.8 Å². The Morgan fingerprint density at radius 3 is 2.76 bits per heavy atom. The molecule has 4 heterocycles. The molecular weight excluding hydrogens is 489 g/mol. The SMILES string of the molecule is COC(=O)c1c(F)ccc2nc(C(C)Nc3ncnc4c3ncn4[C@@H]3CCCCO3)n(-c3ccccc3)c12. The largest absolute Gasteiger partial charge is 0.465 e. The third-order valence-corrected chi connectivity index (χ3v) is 6.76. The van der Waals surface area contributed by atoms with Crippen LogP contribution in [0.15, 0.2) is 55.1 Å². The van der Waals surface area contributed by atoms with Crippen molar-refractivity contribution in [3.63, 3.8) is 0 Å². The molecule has 1 saturated heterocycles. The van der Waals surface area contributed by atoms with E-state index in [9.17, 15) is 9.18 Å². The van der Waals surface area contributed by atoms with Gasteiger partial charge in [0.2, 0.25) is 0 Å². The summed E-state index contributed by atoms with van der Waals surface area (Å²) >= 11 is 0. The number of carbonyl (C=O) groups is 1. The maximum Gasteiger partial charge on any atom is 0.343 e. The van der Waals surface area contributed by atoms with Crippen molar-refractivity contribution in [2.45, 2.75) is 38.5 Å². The molecule has 0 spiro atoms. The Kier molecular flexibility index (Phi) is 6.20. The van der Waals surface area contributed by atoms with Crippen LogP contribution < -0.4 is 5.32 Å². The lowest BCUT2D eigenvalue weighted by Crippen LogP contribution is -2.18. The number of halogens is 1. The molecule has 0 aliphatic carbocycles. The van der Waals surface area contributed by atoms with Gasteiger partial charge in [-0.25, -0.2) is 29.1 Å². The van der Waals surface area contributed by atoms with E-state index in [1.54, 1.807) is 17.0 Å². The molecule has 11 heteroatoms. The molecule has 0 bridgehead atoms. The van der Waals surface area contributed by atoms with Gasteiger partial charge >= 0.3 is 5.97 Å². The molecule has 1 aliphatic heterocycles. The quantitative estimate of drug-likeness (QED) is 0.316. The Morgan fingerprint density at radius 2 is 2.00 bits per heavy atom. The number of ether oxygens (including phenoxy) is 2. The Bertz CT molecular complexity index is 1630. The summed E-state index contributed by atoms with van der Waals surface area (Å²) in [7, 11) is 1.23. The first-order valence-corrected chi connectivity index (χ1v) is 12.5. The number of para-hydroxylation sites is 1. The van der Waals surface area contributed by atoms with Crippen molar-refractivity contribution in [3.8, 4) is 5.69 Å². The highest BCUT2D eigenvalue weighted by Gasteiger charge is 2.27. The number of hydrogen-bond donors (Lipinski definition) is 1. The van der Waals surface area contributed by atoms with Crippen molar-refractivity contribution < 1.29 is 18.7 Å².